The van der Waals surface area contributed by atoms with Crippen molar-refractivity contribution >= 4 is 11.9 Å². The molecular weight excluding hydrogens is 318 g/mol. The molecule has 1 aromatic heterocycles. The molecule has 0 atom stereocenters. The Kier molecular flexibility index (Phi) is 5.62. The summed E-state index contributed by atoms with van der Waals surface area (Å²) in [4.78, 5) is 25.1. The molecule has 0 aliphatic carbocycles. The van der Waals surface area contributed by atoms with Crippen LogP contribution in [0.3, 0.4) is 0 Å². The summed E-state index contributed by atoms with van der Waals surface area (Å²) in [5.74, 6) is -0.995. The van der Waals surface area contributed by atoms with Crippen LogP contribution in [0.1, 0.15) is 49.7 Å². The third-order valence-corrected chi connectivity index (χ3v) is 3.91. The molecule has 0 bridgehead atoms. The lowest BCUT2D eigenvalue weighted by molar-refractivity contribution is -0.137. The van der Waals surface area contributed by atoms with Crippen LogP contribution in [0.2, 0.25) is 0 Å². The van der Waals surface area contributed by atoms with E-state index in [-0.39, 0.29) is 17.7 Å². The summed E-state index contributed by atoms with van der Waals surface area (Å²) in [7, 11) is 1.69. The molecule has 2 aromatic rings. The maximum Gasteiger partial charge on any atom is 0.303 e. The van der Waals surface area contributed by atoms with Crippen LogP contribution in [-0.2, 0) is 10.2 Å². The third-order valence-electron chi connectivity index (χ3n) is 3.91. The van der Waals surface area contributed by atoms with Gasteiger partial charge in [0.2, 0.25) is 0 Å². The highest BCUT2D eigenvalue weighted by Gasteiger charge is 2.28. The topological polar surface area (TPSA) is 75.4 Å². The Morgan fingerprint density at radius 3 is 2.40 bits per heavy atom. The Hall–Kier alpha value is -2.63. The predicted molar refractivity (Wildman–Crippen MR) is 96.1 cm³/mol. The number of hydrogen-bond donors (Lipinski definition) is 1. The average molecular weight is 343 g/mol. The summed E-state index contributed by atoms with van der Waals surface area (Å²) in [5.41, 5.74) is 1.88. The van der Waals surface area contributed by atoms with Gasteiger partial charge in [0.05, 0.1) is 16.9 Å². The van der Waals surface area contributed by atoms with Gasteiger partial charge in [-0.15, -0.1) is 0 Å². The second-order valence-electron chi connectivity index (χ2n) is 7.15. The first-order chi connectivity index (χ1) is 11.7. The van der Waals surface area contributed by atoms with Crippen LogP contribution in [-0.4, -0.2) is 45.3 Å². The third kappa shape index (κ3) is 4.68. The number of benzene rings is 1. The largest absolute Gasteiger partial charge is 0.481 e. The Morgan fingerprint density at radius 1 is 1.20 bits per heavy atom. The van der Waals surface area contributed by atoms with Crippen LogP contribution in [0.15, 0.2) is 36.5 Å². The van der Waals surface area contributed by atoms with E-state index >= 15 is 0 Å². The van der Waals surface area contributed by atoms with E-state index in [4.69, 9.17) is 5.11 Å². The van der Waals surface area contributed by atoms with Crippen molar-refractivity contribution in [2.75, 3.05) is 13.6 Å². The fourth-order valence-corrected chi connectivity index (χ4v) is 2.57. The van der Waals surface area contributed by atoms with Crippen molar-refractivity contribution in [3.05, 3.63) is 47.8 Å². The molecule has 134 valence electrons. The van der Waals surface area contributed by atoms with Crippen molar-refractivity contribution in [2.24, 2.45) is 0 Å². The van der Waals surface area contributed by atoms with Gasteiger partial charge in [-0.25, -0.2) is 4.68 Å². The number of aromatic nitrogens is 2. The van der Waals surface area contributed by atoms with Crippen molar-refractivity contribution in [1.29, 1.82) is 0 Å². The van der Waals surface area contributed by atoms with Gasteiger partial charge in [-0.3, -0.25) is 9.59 Å². The predicted octanol–water partition coefficient (Wildman–Crippen LogP) is 3.11. The zero-order valence-corrected chi connectivity index (χ0v) is 15.2. The second kappa shape index (κ2) is 7.51. The molecule has 25 heavy (non-hydrogen) atoms. The van der Waals surface area contributed by atoms with Gasteiger partial charge in [0.1, 0.15) is 0 Å². The molecule has 0 spiro atoms. The molecule has 0 fully saturated rings. The molecule has 0 unspecified atom stereocenters. The molecule has 6 nitrogen and oxygen atoms in total. The number of carboxylic acid groups (broad SMARTS) is 1. The molecule has 1 N–H and O–H groups in total. The fraction of sp³-hybridized carbons (Fsp3) is 0.421. The number of carboxylic acids is 1. The summed E-state index contributed by atoms with van der Waals surface area (Å²) in [6.07, 6.45) is 2.23. The molecule has 2 rings (SSSR count). The number of amides is 1. The molecule has 0 aliphatic heterocycles. The number of carbonyl (C=O) groups is 2. The minimum Gasteiger partial charge on any atom is -0.481 e. The van der Waals surface area contributed by atoms with E-state index in [0.29, 0.717) is 18.5 Å². The SMILES string of the molecule is CN(CCCC(=O)O)C(=O)c1cn(-c2ccccc2)nc1C(C)(C)C. The number of hydrogen-bond acceptors (Lipinski definition) is 3. The van der Waals surface area contributed by atoms with Gasteiger partial charge in [0.25, 0.3) is 5.91 Å². The van der Waals surface area contributed by atoms with E-state index in [9.17, 15) is 9.59 Å². The van der Waals surface area contributed by atoms with Gasteiger partial charge in [-0.05, 0) is 18.6 Å². The molecule has 1 heterocycles. The number of rotatable bonds is 6. The van der Waals surface area contributed by atoms with Crippen LogP contribution < -0.4 is 0 Å². The number of para-hydroxylation sites is 1. The Balaban J connectivity index is 2.30. The van der Waals surface area contributed by atoms with Gasteiger partial charge < -0.3 is 10.0 Å². The van der Waals surface area contributed by atoms with Gasteiger partial charge >= 0.3 is 5.97 Å². The van der Waals surface area contributed by atoms with E-state index in [0.717, 1.165) is 11.4 Å². The monoisotopic (exact) mass is 343 g/mol. The van der Waals surface area contributed by atoms with E-state index in [1.54, 1.807) is 22.8 Å². The molecule has 1 amide bonds. The summed E-state index contributed by atoms with van der Waals surface area (Å²) < 4.78 is 1.72. The Bertz CT molecular complexity index is 745. The minimum atomic E-state index is -0.854. The first kappa shape index (κ1) is 18.7. The zero-order valence-electron chi connectivity index (χ0n) is 15.2. The Morgan fingerprint density at radius 2 is 1.84 bits per heavy atom. The van der Waals surface area contributed by atoms with Crippen molar-refractivity contribution < 1.29 is 14.7 Å². The van der Waals surface area contributed by atoms with E-state index in [2.05, 4.69) is 5.10 Å². The normalized spacial score (nSPS) is 11.4. The summed E-state index contributed by atoms with van der Waals surface area (Å²) in [6.45, 7) is 6.45. The lowest BCUT2D eigenvalue weighted by atomic mass is 9.89. The van der Waals surface area contributed by atoms with Crippen LogP contribution in [0.5, 0.6) is 0 Å². The van der Waals surface area contributed by atoms with Crippen molar-refractivity contribution in [3.8, 4) is 5.69 Å². The van der Waals surface area contributed by atoms with Crippen LogP contribution in [0.25, 0.3) is 5.69 Å². The second-order valence-corrected chi connectivity index (χ2v) is 7.15. The van der Waals surface area contributed by atoms with E-state index in [1.165, 1.54) is 0 Å². The van der Waals surface area contributed by atoms with Crippen molar-refractivity contribution in [3.63, 3.8) is 0 Å². The van der Waals surface area contributed by atoms with Crippen LogP contribution >= 0.6 is 0 Å². The van der Waals surface area contributed by atoms with Crippen molar-refractivity contribution in [1.82, 2.24) is 14.7 Å². The Labute approximate surface area is 148 Å². The van der Waals surface area contributed by atoms with Crippen LogP contribution in [0, 0.1) is 0 Å². The maximum atomic E-state index is 12.9. The fourth-order valence-electron chi connectivity index (χ4n) is 2.57. The molecule has 0 aliphatic rings. The first-order valence-electron chi connectivity index (χ1n) is 8.33. The smallest absolute Gasteiger partial charge is 0.303 e. The highest BCUT2D eigenvalue weighted by molar-refractivity contribution is 5.95. The molecular formula is C19H25N3O3. The lowest BCUT2D eigenvalue weighted by Gasteiger charge is -2.20. The highest BCUT2D eigenvalue weighted by Crippen LogP contribution is 2.26. The maximum absolute atomic E-state index is 12.9. The quantitative estimate of drug-likeness (QED) is 0.874. The van der Waals surface area contributed by atoms with E-state index in [1.807, 2.05) is 51.1 Å². The van der Waals surface area contributed by atoms with Gasteiger partial charge in [0.15, 0.2) is 0 Å². The minimum absolute atomic E-state index is 0.0486. The molecule has 0 saturated carbocycles. The van der Waals surface area contributed by atoms with Crippen molar-refractivity contribution in [2.45, 2.75) is 39.0 Å². The molecule has 6 heteroatoms. The molecule has 0 radical (unpaired) electrons. The van der Waals surface area contributed by atoms with Gasteiger partial charge in [0, 0.05) is 31.6 Å². The van der Waals surface area contributed by atoms with Crippen LogP contribution in [0.4, 0.5) is 0 Å². The summed E-state index contributed by atoms with van der Waals surface area (Å²) in [5, 5.41) is 13.4. The summed E-state index contributed by atoms with van der Waals surface area (Å²) >= 11 is 0. The zero-order chi connectivity index (χ0) is 18.6. The van der Waals surface area contributed by atoms with Gasteiger partial charge in [-0.2, -0.15) is 5.10 Å². The van der Waals surface area contributed by atoms with E-state index < -0.39 is 5.97 Å². The lowest BCUT2D eigenvalue weighted by Crippen LogP contribution is -2.30. The molecule has 1 aromatic carbocycles. The number of aliphatic carboxylic acids is 1. The van der Waals surface area contributed by atoms with Gasteiger partial charge in [-0.1, -0.05) is 39.0 Å². The highest BCUT2D eigenvalue weighted by atomic mass is 16.4. The number of nitrogens with zero attached hydrogens (tertiary/aromatic N) is 3. The molecule has 0 saturated heterocycles. The summed E-state index contributed by atoms with van der Waals surface area (Å²) in [6, 6.07) is 9.65. The first-order valence-corrected chi connectivity index (χ1v) is 8.33. The standard InChI is InChI=1S/C19H25N3O3/c1-19(2,3)17-15(18(25)21(4)12-8-11-16(23)24)13-22(20-17)14-9-6-5-7-10-14/h5-7,9-10,13H,8,11-12H2,1-4H3,(H,23,24). The number of carbonyl (C=O) groups excluding carboxylic acids is 1. The average Bonchev–Trinajstić information content (AvgIpc) is 3.00.